The zero-order chi connectivity index (χ0) is 21.1. The normalized spacial score (nSPS) is 15.4. The lowest BCUT2D eigenvalue weighted by atomic mass is 10.2. The lowest BCUT2D eigenvalue weighted by Crippen LogP contribution is -2.37. The van der Waals surface area contributed by atoms with E-state index in [0.717, 1.165) is 28.6 Å². The van der Waals surface area contributed by atoms with Crippen molar-refractivity contribution in [1.29, 1.82) is 0 Å². The van der Waals surface area contributed by atoms with Gasteiger partial charge in [0.25, 0.3) is 17.1 Å². The van der Waals surface area contributed by atoms with Crippen molar-refractivity contribution in [3.05, 3.63) is 60.1 Å². The fourth-order valence-corrected chi connectivity index (χ4v) is 5.00. The first kappa shape index (κ1) is 21.9. The lowest BCUT2D eigenvalue weighted by molar-refractivity contribution is -0.122. The molecule has 1 saturated heterocycles. The number of nitrogens with one attached hydrogen (secondary N) is 1. The summed E-state index contributed by atoms with van der Waals surface area (Å²) >= 11 is 14.2. The van der Waals surface area contributed by atoms with E-state index in [2.05, 4.69) is 5.32 Å². The van der Waals surface area contributed by atoms with Gasteiger partial charge in [-0.05, 0) is 60.5 Å². The predicted molar refractivity (Wildman–Crippen MR) is 120 cm³/mol. The van der Waals surface area contributed by atoms with Crippen LogP contribution in [0.2, 0.25) is 10.0 Å². The van der Waals surface area contributed by atoms with Crippen LogP contribution < -0.4 is 5.32 Å². The van der Waals surface area contributed by atoms with Crippen LogP contribution in [0.5, 0.6) is 0 Å². The van der Waals surface area contributed by atoms with Crippen molar-refractivity contribution in [2.75, 3.05) is 13.1 Å². The summed E-state index contributed by atoms with van der Waals surface area (Å²) in [6.07, 6.45) is 2.48. The number of thioether (sulfide) groups is 1. The minimum atomic E-state index is -0.388. The van der Waals surface area contributed by atoms with E-state index in [1.165, 1.54) is 16.2 Å². The second kappa shape index (κ2) is 9.34. The molecule has 3 amide bonds. The Morgan fingerprint density at radius 3 is 2.62 bits per heavy atom. The molecule has 1 fully saturated rings. The number of thiophene rings is 1. The molecule has 1 N–H and O–H groups in total. The number of carbonyl (C=O) groups excluding carboxylic acids is 3. The summed E-state index contributed by atoms with van der Waals surface area (Å²) in [6, 6.07) is 6.84. The summed E-state index contributed by atoms with van der Waals surface area (Å²) in [7, 11) is 0. The molecule has 3 rings (SSSR count). The largest absolute Gasteiger partial charge is 0.350 e. The number of rotatable bonds is 6. The number of carbonyl (C=O) groups is 3. The molecule has 1 aliphatic heterocycles. The van der Waals surface area contributed by atoms with E-state index in [0.29, 0.717) is 25.4 Å². The summed E-state index contributed by atoms with van der Waals surface area (Å²) in [5.74, 6) is -0.586. The van der Waals surface area contributed by atoms with Gasteiger partial charge in [0, 0.05) is 18.0 Å². The van der Waals surface area contributed by atoms with Crippen molar-refractivity contribution in [3.63, 3.8) is 0 Å². The van der Waals surface area contributed by atoms with Crippen molar-refractivity contribution < 1.29 is 14.4 Å². The van der Waals surface area contributed by atoms with Gasteiger partial charge in [0.1, 0.15) is 0 Å². The van der Waals surface area contributed by atoms with Crippen LogP contribution in [0.1, 0.15) is 32.6 Å². The SMILES string of the molecule is CCc1sc(C(=O)NCCN2C(=O)S/C(=C\c3ccc(Cl)c(Cl)c3)C2=O)cc1C. The van der Waals surface area contributed by atoms with E-state index in [4.69, 9.17) is 23.2 Å². The van der Waals surface area contributed by atoms with Crippen molar-refractivity contribution in [2.24, 2.45) is 0 Å². The van der Waals surface area contributed by atoms with E-state index >= 15 is 0 Å². The zero-order valence-electron chi connectivity index (χ0n) is 15.8. The van der Waals surface area contributed by atoms with Crippen LogP contribution in [-0.2, 0) is 11.2 Å². The number of hydrogen-bond acceptors (Lipinski definition) is 5. The fraction of sp³-hybridized carbons (Fsp3) is 0.250. The number of amides is 3. The van der Waals surface area contributed by atoms with Gasteiger partial charge in [-0.3, -0.25) is 19.3 Å². The maximum Gasteiger partial charge on any atom is 0.293 e. The van der Waals surface area contributed by atoms with Crippen LogP contribution in [0.3, 0.4) is 0 Å². The average Bonchev–Trinajstić information content (AvgIpc) is 3.19. The van der Waals surface area contributed by atoms with E-state index in [1.807, 2.05) is 19.9 Å². The molecule has 1 aromatic carbocycles. The molecule has 5 nitrogen and oxygen atoms in total. The Morgan fingerprint density at radius 2 is 1.97 bits per heavy atom. The monoisotopic (exact) mass is 468 g/mol. The highest BCUT2D eigenvalue weighted by atomic mass is 35.5. The molecule has 152 valence electrons. The van der Waals surface area contributed by atoms with Gasteiger partial charge in [-0.1, -0.05) is 36.2 Å². The topological polar surface area (TPSA) is 66.5 Å². The molecule has 0 bridgehead atoms. The standard InChI is InChI=1S/C20H18Cl2N2O3S2/c1-3-15-11(2)8-16(28-15)18(25)23-6-7-24-19(26)17(29-20(24)27)10-12-4-5-13(21)14(22)9-12/h4-5,8-10H,3,6-7H2,1-2H3,(H,23,25)/b17-10-. The van der Waals surface area contributed by atoms with Gasteiger partial charge in [-0.25, -0.2) is 0 Å². The molecule has 0 unspecified atom stereocenters. The number of hydrogen-bond donors (Lipinski definition) is 1. The van der Waals surface area contributed by atoms with Crippen LogP contribution in [0.25, 0.3) is 6.08 Å². The van der Waals surface area contributed by atoms with E-state index < -0.39 is 0 Å². The zero-order valence-corrected chi connectivity index (χ0v) is 18.9. The number of nitrogens with zero attached hydrogens (tertiary/aromatic N) is 1. The first-order chi connectivity index (χ1) is 13.8. The molecule has 1 aliphatic rings. The Bertz CT molecular complexity index is 1020. The predicted octanol–water partition coefficient (Wildman–Crippen LogP) is 5.39. The van der Waals surface area contributed by atoms with Gasteiger partial charge in [-0.2, -0.15) is 0 Å². The van der Waals surface area contributed by atoms with Gasteiger partial charge < -0.3 is 5.32 Å². The Balaban J connectivity index is 1.60. The molecule has 9 heteroatoms. The average molecular weight is 469 g/mol. The molecule has 0 aliphatic carbocycles. The van der Waals surface area contributed by atoms with Crippen molar-refractivity contribution in [3.8, 4) is 0 Å². The van der Waals surface area contributed by atoms with Crippen molar-refractivity contribution in [2.45, 2.75) is 20.3 Å². The minimum Gasteiger partial charge on any atom is -0.350 e. The minimum absolute atomic E-state index is 0.111. The molecule has 29 heavy (non-hydrogen) atoms. The first-order valence-electron chi connectivity index (χ1n) is 8.88. The first-order valence-corrected chi connectivity index (χ1v) is 11.3. The maximum atomic E-state index is 12.6. The molecule has 2 aromatic rings. The molecule has 0 atom stereocenters. The van der Waals surface area contributed by atoms with Crippen LogP contribution in [0, 0.1) is 6.92 Å². The molecule has 2 heterocycles. The van der Waals surface area contributed by atoms with Gasteiger partial charge in [0.15, 0.2) is 0 Å². The lowest BCUT2D eigenvalue weighted by Gasteiger charge is -2.12. The summed E-state index contributed by atoms with van der Waals surface area (Å²) in [5.41, 5.74) is 1.78. The third-order valence-corrected chi connectivity index (χ3v) is 7.33. The number of benzene rings is 1. The van der Waals surface area contributed by atoms with Crippen molar-refractivity contribution >= 4 is 69.4 Å². The Hall–Kier alpha value is -1.80. The summed E-state index contributed by atoms with van der Waals surface area (Å²) in [6.45, 7) is 4.33. The van der Waals surface area contributed by atoms with Crippen LogP contribution in [0.4, 0.5) is 4.79 Å². The maximum absolute atomic E-state index is 12.6. The molecule has 1 aromatic heterocycles. The third-order valence-electron chi connectivity index (χ3n) is 4.30. The Labute approximate surface area is 187 Å². The summed E-state index contributed by atoms with van der Waals surface area (Å²) < 4.78 is 0. The molecular weight excluding hydrogens is 451 g/mol. The molecular formula is C20H18Cl2N2O3S2. The van der Waals surface area contributed by atoms with E-state index in [1.54, 1.807) is 24.3 Å². The van der Waals surface area contributed by atoms with E-state index in [-0.39, 0.29) is 30.1 Å². The molecule has 0 radical (unpaired) electrons. The molecule has 0 spiro atoms. The Morgan fingerprint density at radius 1 is 1.21 bits per heavy atom. The third kappa shape index (κ3) is 5.04. The van der Waals surface area contributed by atoms with Gasteiger partial charge in [0.2, 0.25) is 0 Å². The smallest absolute Gasteiger partial charge is 0.293 e. The highest BCUT2D eigenvalue weighted by Gasteiger charge is 2.34. The van der Waals surface area contributed by atoms with Crippen LogP contribution in [-0.4, -0.2) is 35.0 Å². The number of halogens is 2. The summed E-state index contributed by atoms with van der Waals surface area (Å²) in [4.78, 5) is 40.3. The highest BCUT2D eigenvalue weighted by molar-refractivity contribution is 8.18. The van der Waals surface area contributed by atoms with Gasteiger partial charge >= 0.3 is 0 Å². The second-order valence-electron chi connectivity index (χ2n) is 6.33. The number of aryl methyl sites for hydroxylation is 2. The van der Waals surface area contributed by atoms with Crippen LogP contribution >= 0.6 is 46.3 Å². The van der Waals surface area contributed by atoms with Crippen molar-refractivity contribution in [1.82, 2.24) is 10.2 Å². The summed E-state index contributed by atoms with van der Waals surface area (Å²) in [5, 5.41) is 3.20. The number of imide groups is 1. The quantitative estimate of drug-likeness (QED) is 0.576. The van der Waals surface area contributed by atoms with E-state index in [9.17, 15) is 14.4 Å². The fourth-order valence-electron chi connectivity index (χ4n) is 2.80. The van der Waals surface area contributed by atoms with Gasteiger partial charge in [-0.15, -0.1) is 11.3 Å². The Kier molecular flexibility index (Phi) is 7.05. The second-order valence-corrected chi connectivity index (χ2v) is 9.28. The van der Waals surface area contributed by atoms with Gasteiger partial charge in [0.05, 0.1) is 19.8 Å². The molecule has 0 saturated carbocycles. The highest BCUT2D eigenvalue weighted by Crippen LogP contribution is 2.33. The van der Waals surface area contributed by atoms with Crippen LogP contribution in [0.15, 0.2) is 29.2 Å².